The minimum absolute atomic E-state index is 0.212. The van der Waals surface area contributed by atoms with Gasteiger partial charge >= 0.3 is 0 Å². The highest BCUT2D eigenvalue weighted by Gasteiger charge is 2.26. The zero-order chi connectivity index (χ0) is 18.1. The molecule has 3 aromatic rings. The molecule has 26 heavy (non-hydrogen) atoms. The van der Waals surface area contributed by atoms with E-state index in [2.05, 4.69) is 21.2 Å². The zero-order valence-corrected chi connectivity index (χ0v) is 15.3. The second-order valence-corrected chi connectivity index (χ2v) is 7.14. The van der Waals surface area contributed by atoms with Crippen molar-refractivity contribution in [2.45, 2.75) is 45.4 Å². The topological polar surface area (TPSA) is 75.0 Å². The molecule has 0 unspecified atom stereocenters. The summed E-state index contributed by atoms with van der Waals surface area (Å²) in [7, 11) is 0. The van der Waals surface area contributed by atoms with E-state index in [0.717, 1.165) is 54.0 Å². The lowest BCUT2D eigenvalue weighted by Crippen LogP contribution is -2.39. The summed E-state index contributed by atoms with van der Waals surface area (Å²) in [6.45, 7) is 5.44. The Morgan fingerprint density at radius 2 is 2.31 bits per heavy atom. The Balaban J connectivity index is 1.42. The van der Waals surface area contributed by atoms with Crippen molar-refractivity contribution in [1.29, 1.82) is 0 Å². The van der Waals surface area contributed by atoms with E-state index in [9.17, 15) is 4.79 Å². The third-order valence-electron chi connectivity index (χ3n) is 5.39. The predicted molar refractivity (Wildman–Crippen MR) is 98.9 cm³/mol. The lowest BCUT2D eigenvalue weighted by atomic mass is 9.94. The van der Waals surface area contributed by atoms with Gasteiger partial charge in [0.15, 0.2) is 0 Å². The summed E-state index contributed by atoms with van der Waals surface area (Å²) in [5.41, 5.74) is 5.18. The number of aromatic nitrogens is 3. The molecule has 4 rings (SSSR count). The van der Waals surface area contributed by atoms with Gasteiger partial charge in [0, 0.05) is 42.9 Å². The first kappa shape index (κ1) is 16.8. The highest BCUT2D eigenvalue weighted by molar-refractivity contribution is 5.77. The van der Waals surface area contributed by atoms with Gasteiger partial charge in [-0.1, -0.05) is 5.16 Å². The van der Waals surface area contributed by atoms with Crippen LogP contribution >= 0.6 is 0 Å². The van der Waals surface area contributed by atoms with E-state index in [1.807, 2.05) is 37.1 Å². The van der Waals surface area contributed by atoms with Crippen LogP contribution in [0.5, 0.6) is 0 Å². The molecule has 0 aromatic carbocycles. The average molecular weight is 352 g/mol. The number of likely N-dealkylation sites (tertiary alicyclic amines) is 1. The minimum Gasteiger partial charge on any atom is -0.361 e. The van der Waals surface area contributed by atoms with Crippen LogP contribution in [0, 0.1) is 13.8 Å². The van der Waals surface area contributed by atoms with Crippen molar-refractivity contribution in [3.63, 3.8) is 0 Å². The van der Waals surface area contributed by atoms with Crippen LogP contribution in [0.15, 0.2) is 28.9 Å². The molecule has 0 bridgehead atoms. The molecule has 1 aliphatic heterocycles. The Morgan fingerprint density at radius 1 is 1.42 bits per heavy atom. The average Bonchev–Trinajstić information content (AvgIpc) is 3.23. The predicted octanol–water partition coefficient (Wildman–Crippen LogP) is 3.51. The van der Waals surface area contributed by atoms with Crippen molar-refractivity contribution in [2.24, 2.45) is 0 Å². The van der Waals surface area contributed by atoms with Gasteiger partial charge in [-0.3, -0.25) is 9.78 Å². The summed E-state index contributed by atoms with van der Waals surface area (Å²) in [5.74, 6) is 1.38. The molecule has 0 spiro atoms. The number of aryl methyl sites for hydroxylation is 2. The summed E-state index contributed by atoms with van der Waals surface area (Å²) in [4.78, 5) is 22.6. The fourth-order valence-electron chi connectivity index (χ4n) is 3.90. The first-order valence-corrected chi connectivity index (χ1v) is 9.25. The van der Waals surface area contributed by atoms with E-state index in [1.165, 1.54) is 5.69 Å². The minimum atomic E-state index is 0.212. The Labute approximate surface area is 152 Å². The highest BCUT2D eigenvalue weighted by Crippen LogP contribution is 2.29. The number of H-pyrrole nitrogens is 1. The lowest BCUT2D eigenvalue weighted by Gasteiger charge is -2.32. The van der Waals surface area contributed by atoms with Crippen molar-refractivity contribution in [1.82, 2.24) is 20.0 Å². The Hall–Kier alpha value is -2.63. The zero-order valence-electron chi connectivity index (χ0n) is 15.3. The van der Waals surface area contributed by atoms with E-state index in [0.29, 0.717) is 18.8 Å². The molecule has 6 heteroatoms. The number of rotatable bonds is 4. The largest absolute Gasteiger partial charge is 0.361 e. The number of carbonyl (C=O) groups excluding carboxylic acids is 1. The molecular formula is C20H24N4O2. The molecule has 1 N–H and O–H groups in total. The molecule has 1 fully saturated rings. The van der Waals surface area contributed by atoms with Gasteiger partial charge in [-0.15, -0.1) is 0 Å². The number of nitrogens with zero attached hydrogens (tertiary/aromatic N) is 3. The molecule has 4 heterocycles. The van der Waals surface area contributed by atoms with Gasteiger partial charge in [-0.05, 0) is 51.3 Å². The second kappa shape index (κ2) is 6.94. The molecule has 136 valence electrons. The number of amides is 1. The number of fused-ring (bicyclic) bond motifs is 1. The summed E-state index contributed by atoms with van der Waals surface area (Å²) in [5, 5.41) is 3.97. The number of pyridine rings is 1. The van der Waals surface area contributed by atoms with Crippen LogP contribution in [0.2, 0.25) is 0 Å². The third-order valence-corrected chi connectivity index (χ3v) is 5.39. The van der Waals surface area contributed by atoms with Crippen molar-refractivity contribution < 1.29 is 9.32 Å². The number of nitrogens with one attached hydrogen (secondary N) is 1. The van der Waals surface area contributed by atoms with Crippen LogP contribution in [0.4, 0.5) is 0 Å². The van der Waals surface area contributed by atoms with Crippen LogP contribution in [0.3, 0.4) is 0 Å². The summed E-state index contributed by atoms with van der Waals surface area (Å²) in [6, 6.07) is 6.10. The van der Waals surface area contributed by atoms with E-state index in [4.69, 9.17) is 4.52 Å². The maximum Gasteiger partial charge on any atom is 0.222 e. The quantitative estimate of drug-likeness (QED) is 0.780. The molecule has 1 amide bonds. The summed E-state index contributed by atoms with van der Waals surface area (Å²) < 4.78 is 5.19. The number of hydrogen-bond acceptors (Lipinski definition) is 4. The van der Waals surface area contributed by atoms with Crippen molar-refractivity contribution in [3.8, 4) is 0 Å². The molecule has 3 aromatic heterocycles. The van der Waals surface area contributed by atoms with Crippen molar-refractivity contribution in [2.75, 3.05) is 13.1 Å². The second-order valence-electron chi connectivity index (χ2n) is 7.14. The van der Waals surface area contributed by atoms with Crippen LogP contribution in [-0.4, -0.2) is 39.0 Å². The van der Waals surface area contributed by atoms with Gasteiger partial charge < -0.3 is 14.4 Å². The molecule has 1 saturated heterocycles. The van der Waals surface area contributed by atoms with Gasteiger partial charge in [-0.2, -0.15) is 0 Å². The van der Waals surface area contributed by atoms with E-state index in [-0.39, 0.29) is 5.91 Å². The highest BCUT2D eigenvalue weighted by atomic mass is 16.5. The van der Waals surface area contributed by atoms with E-state index in [1.54, 1.807) is 0 Å². The molecular weight excluding hydrogens is 328 g/mol. The molecule has 0 saturated carbocycles. The van der Waals surface area contributed by atoms with Gasteiger partial charge in [0.1, 0.15) is 5.76 Å². The van der Waals surface area contributed by atoms with Crippen molar-refractivity contribution in [3.05, 3.63) is 47.1 Å². The smallest absolute Gasteiger partial charge is 0.222 e. The lowest BCUT2D eigenvalue weighted by molar-refractivity contribution is -0.132. The molecule has 6 nitrogen and oxygen atoms in total. The Kier molecular flexibility index (Phi) is 4.49. The molecule has 0 radical (unpaired) electrons. The fourth-order valence-corrected chi connectivity index (χ4v) is 3.90. The van der Waals surface area contributed by atoms with Gasteiger partial charge in [0.2, 0.25) is 5.91 Å². The summed E-state index contributed by atoms with van der Waals surface area (Å²) in [6.07, 6.45) is 5.14. The number of piperidine rings is 1. The SMILES string of the molecule is Cc1noc(C)c1CCC(=O)N1CCC[C@H](c2cc3ncccc3[nH]2)C1. The van der Waals surface area contributed by atoms with E-state index < -0.39 is 0 Å². The molecule has 1 aliphatic rings. The normalized spacial score (nSPS) is 17.8. The maximum absolute atomic E-state index is 12.7. The molecule has 1 atom stereocenters. The van der Waals surface area contributed by atoms with Crippen LogP contribution in [0.1, 0.15) is 47.9 Å². The first-order valence-electron chi connectivity index (χ1n) is 9.25. The van der Waals surface area contributed by atoms with Crippen LogP contribution in [-0.2, 0) is 11.2 Å². The van der Waals surface area contributed by atoms with Crippen molar-refractivity contribution >= 4 is 16.9 Å². The van der Waals surface area contributed by atoms with Gasteiger partial charge in [0.05, 0.1) is 16.7 Å². The standard InChI is InChI=1S/C20H24N4O2/c1-13-16(14(2)26-23-13)7-8-20(25)24-10-4-5-15(12-24)18-11-19-17(22-18)6-3-9-21-19/h3,6,9,11,15,22H,4-5,7-8,10,12H2,1-2H3/t15-/m0/s1. The number of hydrogen-bond donors (Lipinski definition) is 1. The molecule has 0 aliphatic carbocycles. The third kappa shape index (κ3) is 3.23. The monoisotopic (exact) mass is 352 g/mol. The van der Waals surface area contributed by atoms with E-state index >= 15 is 0 Å². The number of aromatic amines is 1. The van der Waals surface area contributed by atoms with Crippen LogP contribution < -0.4 is 0 Å². The Bertz CT molecular complexity index is 874. The Morgan fingerprint density at radius 3 is 3.08 bits per heavy atom. The number of carbonyl (C=O) groups is 1. The van der Waals surface area contributed by atoms with Crippen LogP contribution in [0.25, 0.3) is 11.0 Å². The van der Waals surface area contributed by atoms with Gasteiger partial charge in [0.25, 0.3) is 0 Å². The maximum atomic E-state index is 12.7. The first-order chi connectivity index (χ1) is 12.6. The summed E-state index contributed by atoms with van der Waals surface area (Å²) >= 11 is 0. The van der Waals surface area contributed by atoms with Gasteiger partial charge in [-0.25, -0.2) is 0 Å². The fraction of sp³-hybridized carbons (Fsp3) is 0.450.